The molecule has 1 amide bonds. The van der Waals surface area contributed by atoms with E-state index in [0.29, 0.717) is 22.1 Å². The molecule has 4 aromatic rings. The smallest absolute Gasteiger partial charge is 0.345 e. The van der Waals surface area contributed by atoms with Gasteiger partial charge in [-0.1, -0.05) is 54.1 Å². The second-order valence-electron chi connectivity index (χ2n) is 8.37. The number of nitrogens with zero attached hydrogens (tertiary/aromatic N) is 2. The number of aromatic nitrogens is 1. The molecule has 1 N–H and O–H groups in total. The van der Waals surface area contributed by atoms with Crippen LogP contribution in [0.1, 0.15) is 43.0 Å². The predicted molar refractivity (Wildman–Crippen MR) is 151 cm³/mol. The first-order chi connectivity index (χ1) is 17.3. The van der Waals surface area contributed by atoms with Crippen LogP contribution in [-0.4, -0.2) is 46.7 Å². The lowest BCUT2D eigenvalue weighted by molar-refractivity contribution is -0.128. The van der Waals surface area contributed by atoms with Gasteiger partial charge in [0.1, 0.15) is 4.88 Å². The molecule has 8 heteroatoms. The van der Waals surface area contributed by atoms with Crippen LogP contribution in [-0.2, 0) is 4.79 Å². The normalized spacial score (nSPS) is 12.2. The maximum absolute atomic E-state index is 12.1. The van der Waals surface area contributed by atoms with Crippen molar-refractivity contribution >= 4 is 69.6 Å². The summed E-state index contributed by atoms with van der Waals surface area (Å²) < 4.78 is 0. The summed E-state index contributed by atoms with van der Waals surface area (Å²) >= 11 is 9.03. The molecule has 0 aliphatic rings. The van der Waals surface area contributed by atoms with Crippen LogP contribution >= 0.6 is 34.7 Å². The van der Waals surface area contributed by atoms with Gasteiger partial charge in [0.25, 0.3) is 0 Å². The molecule has 0 aliphatic carbocycles. The van der Waals surface area contributed by atoms with Crippen molar-refractivity contribution < 1.29 is 14.7 Å². The zero-order valence-electron chi connectivity index (χ0n) is 19.8. The third kappa shape index (κ3) is 6.55. The van der Waals surface area contributed by atoms with E-state index in [4.69, 9.17) is 11.6 Å². The van der Waals surface area contributed by atoms with Crippen molar-refractivity contribution in [3.63, 3.8) is 0 Å². The highest BCUT2D eigenvalue weighted by Crippen LogP contribution is 2.40. The van der Waals surface area contributed by atoms with Crippen LogP contribution in [0, 0.1) is 0 Å². The number of hydrogen-bond acceptors (Lipinski definition) is 5. The topological polar surface area (TPSA) is 70.5 Å². The van der Waals surface area contributed by atoms with Gasteiger partial charge >= 0.3 is 5.97 Å². The molecule has 0 saturated heterocycles. The van der Waals surface area contributed by atoms with Gasteiger partial charge in [-0.25, -0.2) is 9.78 Å². The highest BCUT2D eigenvalue weighted by atomic mass is 35.5. The van der Waals surface area contributed by atoms with Crippen molar-refractivity contribution in [3.05, 3.63) is 98.3 Å². The largest absolute Gasteiger partial charge is 0.477 e. The zero-order valence-corrected chi connectivity index (χ0v) is 22.2. The van der Waals surface area contributed by atoms with Gasteiger partial charge in [0.15, 0.2) is 0 Å². The van der Waals surface area contributed by atoms with Gasteiger partial charge < -0.3 is 10.0 Å². The summed E-state index contributed by atoms with van der Waals surface area (Å²) in [6.45, 7) is 0. The van der Waals surface area contributed by atoms with E-state index in [1.54, 1.807) is 36.8 Å². The summed E-state index contributed by atoms with van der Waals surface area (Å²) in [5.41, 5.74) is 3.73. The Hall–Kier alpha value is -3.13. The fraction of sp³-hybridized carbons (Fsp3) is 0.179. The molecule has 0 radical (unpaired) electrons. The minimum absolute atomic E-state index is 0.0690. The SMILES string of the molecule is CN(C)C(=O)CCSC(c1cccc(C=Cc2ccc3ccc(Cl)cc3n2)c1)c1ccc(C(=O)O)s1. The fourth-order valence-electron chi connectivity index (χ4n) is 3.65. The van der Waals surface area contributed by atoms with Crippen molar-refractivity contribution in [2.45, 2.75) is 11.7 Å². The Morgan fingerprint density at radius 2 is 1.89 bits per heavy atom. The lowest BCUT2D eigenvalue weighted by Gasteiger charge is -2.17. The molecule has 2 heterocycles. The number of carboxylic acids is 1. The second kappa shape index (κ2) is 11.7. The number of pyridine rings is 1. The Kier molecular flexibility index (Phi) is 8.46. The summed E-state index contributed by atoms with van der Waals surface area (Å²) in [6, 6.07) is 21.3. The summed E-state index contributed by atoms with van der Waals surface area (Å²) in [4.78, 5) is 31.1. The Bertz CT molecular complexity index is 1430. The molecule has 2 aromatic carbocycles. The average Bonchev–Trinajstić information content (AvgIpc) is 3.35. The standard InChI is InChI=1S/C28H25ClN2O3S2/c1-31(2)26(32)14-15-35-27(24-12-13-25(36-24)28(33)34)20-5-3-4-18(16-20)6-10-22-11-8-19-7-9-21(29)17-23(19)30-22/h3-13,16-17,27H,14-15H2,1-2H3,(H,33,34). The third-order valence-electron chi connectivity index (χ3n) is 5.53. The molecule has 0 aliphatic heterocycles. The molecule has 36 heavy (non-hydrogen) atoms. The van der Waals surface area contributed by atoms with Crippen LogP contribution in [0.4, 0.5) is 0 Å². The number of aromatic carboxylic acids is 1. The van der Waals surface area contributed by atoms with Gasteiger partial charge in [-0.15, -0.1) is 23.1 Å². The highest BCUT2D eigenvalue weighted by molar-refractivity contribution is 7.99. The maximum Gasteiger partial charge on any atom is 0.345 e. The number of benzene rings is 2. The van der Waals surface area contributed by atoms with Gasteiger partial charge in [-0.3, -0.25) is 4.79 Å². The van der Waals surface area contributed by atoms with Crippen molar-refractivity contribution in [1.29, 1.82) is 0 Å². The predicted octanol–water partition coefficient (Wildman–Crippen LogP) is 7.12. The van der Waals surface area contributed by atoms with Crippen LogP contribution in [0.25, 0.3) is 23.1 Å². The van der Waals surface area contributed by atoms with Gasteiger partial charge in [0.2, 0.25) is 5.91 Å². The number of carbonyl (C=O) groups excluding carboxylic acids is 1. The van der Waals surface area contributed by atoms with Crippen LogP contribution in [0.3, 0.4) is 0 Å². The van der Waals surface area contributed by atoms with Crippen molar-refractivity contribution in [3.8, 4) is 0 Å². The van der Waals surface area contributed by atoms with E-state index in [1.807, 2.05) is 66.7 Å². The molecular weight excluding hydrogens is 512 g/mol. The lowest BCUT2D eigenvalue weighted by atomic mass is 10.1. The van der Waals surface area contributed by atoms with Gasteiger partial charge in [0.05, 0.1) is 16.5 Å². The first-order valence-electron chi connectivity index (χ1n) is 11.3. The van der Waals surface area contributed by atoms with Gasteiger partial charge in [0, 0.05) is 41.6 Å². The Labute approximate surface area is 223 Å². The molecule has 1 unspecified atom stereocenters. The number of thiophene rings is 1. The number of fused-ring (bicyclic) bond motifs is 1. The zero-order chi connectivity index (χ0) is 25.7. The number of carboxylic acid groups (broad SMARTS) is 1. The van der Waals surface area contributed by atoms with E-state index in [2.05, 4.69) is 11.1 Å². The number of hydrogen-bond donors (Lipinski definition) is 1. The first kappa shape index (κ1) is 25.9. The van der Waals surface area contributed by atoms with Gasteiger partial charge in [-0.2, -0.15) is 0 Å². The number of halogens is 1. The van der Waals surface area contributed by atoms with Crippen LogP contribution < -0.4 is 0 Å². The Balaban J connectivity index is 1.58. The maximum atomic E-state index is 12.1. The van der Waals surface area contributed by atoms with E-state index in [-0.39, 0.29) is 11.2 Å². The molecule has 0 fully saturated rings. The molecular formula is C28H25ClN2O3S2. The van der Waals surface area contributed by atoms with Gasteiger partial charge in [-0.05, 0) is 47.5 Å². The summed E-state index contributed by atoms with van der Waals surface area (Å²) in [5, 5.41) is 11.0. The summed E-state index contributed by atoms with van der Waals surface area (Å²) in [5.74, 6) is -0.232. The van der Waals surface area contributed by atoms with Crippen LogP contribution in [0.5, 0.6) is 0 Å². The molecule has 1 atom stereocenters. The highest BCUT2D eigenvalue weighted by Gasteiger charge is 2.20. The Morgan fingerprint density at radius 1 is 1.08 bits per heavy atom. The Morgan fingerprint density at radius 3 is 2.64 bits per heavy atom. The number of carbonyl (C=O) groups is 2. The van der Waals surface area contributed by atoms with E-state index >= 15 is 0 Å². The third-order valence-corrected chi connectivity index (χ3v) is 8.35. The van der Waals surface area contributed by atoms with Crippen molar-refractivity contribution in [1.82, 2.24) is 9.88 Å². The monoisotopic (exact) mass is 536 g/mol. The summed E-state index contributed by atoms with van der Waals surface area (Å²) in [7, 11) is 3.50. The minimum atomic E-state index is -0.932. The molecule has 4 rings (SSSR count). The molecule has 5 nitrogen and oxygen atoms in total. The minimum Gasteiger partial charge on any atom is -0.477 e. The van der Waals surface area contributed by atoms with E-state index in [1.165, 1.54) is 11.3 Å². The number of thioether (sulfide) groups is 1. The number of rotatable bonds is 9. The molecule has 2 aromatic heterocycles. The van der Waals surface area contributed by atoms with Crippen LogP contribution in [0.15, 0.2) is 66.7 Å². The van der Waals surface area contributed by atoms with Crippen LogP contribution in [0.2, 0.25) is 5.02 Å². The lowest BCUT2D eigenvalue weighted by Crippen LogP contribution is -2.21. The molecule has 0 saturated carbocycles. The van der Waals surface area contributed by atoms with E-state index < -0.39 is 5.97 Å². The average molecular weight is 537 g/mol. The molecule has 0 spiro atoms. The second-order valence-corrected chi connectivity index (χ2v) is 11.1. The molecule has 0 bridgehead atoms. The number of amides is 1. The fourth-order valence-corrected chi connectivity index (χ4v) is 6.13. The van der Waals surface area contributed by atoms with E-state index in [0.717, 1.165) is 32.6 Å². The van der Waals surface area contributed by atoms with E-state index in [9.17, 15) is 14.7 Å². The first-order valence-corrected chi connectivity index (χ1v) is 13.5. The van der Waals surface area contributed by atoms with Crippen molar-refractivity contribution in [2.75, 3.05) is 19.8 Å². The quantitative estimate of drug-likeness (QED) is 0.246. The van der Waals surface area contributed by atoms with Crippen molar-refractivity contribution in [2.24, 2.45) is 0 Å². The summed E-state index contributed by atoms with van der Waals surface area (Å²) in [6.07, 6.45) is 4.39. The molecule has 184 valence electrons.